The van der Waals surface area contributed by atoms with Crippen molar-refractivity contribution in [1.29, 1.82) is 0 Å². The number of ether oxygens (including phenoxy) is 1. The Bertz CT molecular complexity index is 2280. The van der Waals surface area contributed by atoms with Crippen LogP contribution in [0.1, 0.15) is 18.4 Å². The number of halogens is 7. The fourth-order valence-electron chi connectivity index (χ4n) is 5.54. The summed E-state index contributed by atoms with van der Waals surface area (Å²) in [7, 11) is 1.63. The van der Waals surface area contributed by atoms with Crippen molar-refractivity contribution in [2.24, 2.45) is 0 Å². The quantitative estimate of drug-likeness (QED) is 0.0815. The average Bonchev–Trinajstić information content (AvgIpc) is 3.77. The number of fused-ring (bicyclic) bond motifs is 2. The van der Waals surface area contributed by atoms with E-state index >= 15 is 0 Å². The molecule has 0 aliphatic heterocycles. The van der Waals surface area contributed by atoms with E-state index in [-0.39, 0.29) is 39.5 Å². The number of aromatic amines is 2. The normalized spacial score (nSPS) is 11.2. The monoisotopic (exact) mass is 770 g/mol. The number of aromatic nitrogens is 4. The third-order valence-corrected chi connectivity index (χ3v) is 8.94. The number of nitrogens with one attached hydrogen (secondary N) is 4. The van der Waals surface area contributed by atoms with Gasteiger partial charge in [0.15, 0.2) is 23.3 Å². The summed E-state index contributed by atoms with van der Waals surface area (Å²) in [4.78, 5) is 0. The summed E-state index contributed by atoms with van der Waals surface area (Å²) in [6, 6.07) is 29.8. The van der Waals surface area contributed by atoms with Crippen LogP contribution in [0, 0.1) is 11.6 Å². The second-order valence-corrected chi connectivity index (χ2v) is 12.4. The van der Waals surface area contributed by atoms with E-state index in [1.807, 2.05) is 66.7 Å². The third-order valence-electron chi connectivity index (χ3n) is 8.20. The minimum atomic E-state index is -4.20. The summed E-state index contributed by atoms with van der Waals surface area (Å²) < 4.78 is 71.0. The van der Waals surface area contributed by atoms with Crippen molar-refractivity contribution in [3.05, 3.63) is 124 Å². The first kappa shape index (κ1) is 38.9. The minimum absolute atomic E-state index is 0. The summed E-state index contributed by atoms with van der Waals surface area (Å²) in [5, 5.41) is 20.7. The van der Waals surface area contributed by atoms with Crippen LogP contribution >= 0.6 is 23.2 Å². The van der Waals surface area contributed by atoms with Gasteiger partial charge in [0.1, 0.15) is 16.8 Å². The summed E-state index contributed by atoms with van der Waals surface area (Å²) in [6.45, 7) is 0.624. The molecule has 0 atom stereocenters. The SMILES string of the molecule is COc1ccc(CNc2n[nH]c3c(F)c(Cl)c(-c4ccccc4)cc23)cc1.Fc1c(Cl)c(-c2ccccc2)cc2c(NCCCC(F)(F)F)n[nH]c12.O. The molecule has 8 nitrogen and oxygen atoms in total. The van der Waals surface area contributed by atoms with Gasteiger partial charge >= 0.3 is 6.18 Å². The van der Waals surface area contributed by atoms with E-state index in [0.717, 1.165) is 22.4 Å². The topological polar surface area (TPSA) is 122 Å². The highest BCUT2D eigenvalue weighted by Gasteiger charge is 2.26. The van der Waals surface area contributed by atoms with E-state index < -0.39 is 24.2 Å². The number of anilines is 2. The molecule has 0 bridgehead atoms. The largest absolute Gasteiger partial charge is 0.497 e. The summed E-state index contributed by atoms with van der Waals surface area (Å²) in [5.74, 6) is 0.526. The van der Waals surface area contributed by atoms with Crippen molar-refractivity contribution < 1.29 is 32.2 Å². The first-order valence-electron chi connectivity index (χ1n) is 16.0. The molecule has 2 aromatic heterocycles. The van der Waals surface area contributed by atoms with Crippen molar-refractivity contribution in [1.82, 2.24) is 20.4 Å². The van der Waals surface area contributed by atoms with E-state index in [2.05, 4.69) is 31.0 Å². The highest BCUT2D eigenvalue weighted by Crippen LogP contribution is 2.38. The van der Waals surface area contributed by atoms with E-state index in [1.165, 1.54) is 0 Å². The van der Waals surface area contributed by atoms with Gasteiger partial charge in [-0.3, -0.25) is 10.2 Å². The predicted octanol–water partition coefficient (Wildman–Crippen LogP) is 10.6. The highest BCUT2D eigenvalue weighted by atomic mass is 35.5. The van der Waals surface area contributed by atoms with E-state index in [0.29, 0.717) is 40.1 Å². The molecule has 7 rings (SSSR count). The summed E-state index contributed by atoms with van der Waals surface area (Å²) >= 11 is 12.4. The molecule has 2 heterocycles. The molecule has 0 aliphatic rings. The Balaban J connectivity index is 0.000000201. The number of hydrogen-bond donors (Lipinski definition) is 4. The molecule has 53 heavy (non-hydrogen) atoms. The number of benzene rings is 5. The first-order chi connectivity index (χ1) is 25.0. The fraction of sp³-hybridized carbons (Fsp3) is 0.158. The molecule has 0 saturated heterocycles. The minimum Gasteiger partial charge on any atom is -0.497 e. The van der Waals surface area contributed by atoms with Crippen LogP contribution in [-0.4, -0.2) is 45.7 Å². The zero-order valence-electron chi connectivity index (χ0n) is 28.0. The number of hydrogen-bond acceptors (Lipinski definition) is 5. The number of H-pyrrole nitrogens is 2. The molecular formula is C38H33Cl2F5N6O2. The van der Waals surface area contributed by atoms with Crippen molar-refractivity contribution in [2.45, 2.75) is 25.6 Å². The van der Waals surface area contributed by atoms with Crippen LogP contribution in [0.5, 0.6) is 5.75 Å². The molecule has 0 fully saturated rings. The molecule has 276 valence electrons. The van der Waals surface area contributed by atoms with Gasteiger partial charge in [0.2, 0.25) is 0 Å². The molecular weight excluding hydrogens is 738 g/mol. The van der Waals surface area contributed by atoms with Crippen molar-refractivity contribution in [3.8, 4) is 28.0 Å². The van der Waals surface area contributed by atoms with Gasteiger partial charge in [-0.25, -0.2) is 8.78 Å². The van der Waals surface area contributed by atoms with E-state index in [4.69, 9.17) is 27.9 Å². The van der Waals surface area contributed by atoms with Crippen molar-refractivity contribution >= 4 is 56.6 Å². The standard InChI is InChI=1S/C21H17ClFN3O.C17H14ClF4N3.H2O/c1-27-15-9-7-13(8-10-15)12-24-21-17-11-16(14-5-3-2-4-6-14)18(22)19(23)20(17)25-26-21;18-13-11(10-5-2-1-3-6-10)9-12-15(14(13)19)24-25-16(12)23-8-4-7-17(20,21)22;/h2-11H,12H2,1H3,(H2,24,25,26);1-3,5-6,9H,4,7-8H2,(H2,23,24,25);1H2. The molecule has 0 aliphatic carbocycles. The molecule has 0 saturated carbocycles. The van der Waals surface area contributed by atoms with Gasteiger partial charge in [0.05, 0.1) is 17.2 Å². The van der Waals surface area contributed by atoms with E-state index in [1.54, 1.807) is 37.4 Å². The maximum absolute atomic E-state index is 14.8. The molecule has 6 N–H and O–H groups in total. The van der Waals surface area contributed by atoms with Crippen LogP contribution in [0.4, 0.5) is 33.6 Å². The second-order valence-electron chi connectivity index (χ2n) is 11.7. The first-order valence-corrected chi connectivity index (χ1v) is 16.8. The Morgan fingerprint density at radius 3 is 1.62 bits per heavy atom. The van der Waals surface area contributed by atoms with Crippen LogP contribution in [-0.2, 0) is 6.54 Å². The summed E-state index contributed by atoms with van der Waals surface area (Å²) in [5.41, 5.74) is 4.18. The van der Waals surface area contributed by atoms with Gasteiger partial charge in [-0.15, -0.1) is 0 Å². The maximum atomic E-state index is 14.8. The van der Waals surface area contributed by atoms with Gasteiger partial charge in [-0.05, 0) is 47.4 Å². The number of rotatable bonds is 10. The maximum Gasteiger partial charge on any atom is 0.389 e. The van der Waals surface area contributed by atoms with Gasteiger partial charge < -0.3 is 20.8 Å². The van der Waals surface area contributed by atoms with Crippen molar-refractivity contribution in [3.63, 3.8) is 0 Å². The number of methoxy groups -OCH3 is 1. The zero-order valence-corrected chi connectivity index (χ0v) is 29.5. The Labute approximate surface area is 310 Å². The lowest BCUT2D eigenvalue weighted by Gasteiger charge is -2.09. The Kier molecular flexibility index (Phi) is 12.4. The molecule has 5 aromatic carbocycles. The van der Waals surface area contributed by atoms with Crippen molar-refractivity contribution in [2.75, 3.05) is 24.3 Å². The van der Waals surface area contributed by atoms with Gasteiger partial charge in [-0.1, -0.05) is 96.0 Å². The van der Waals surface area contributed by atoms with Crippen LogP contribution in [0.15, 0.2) is 97.1 Å². The number of alkyl halides is 3. The molecule has 0 unspecified atom stereocenters. The molecule has 0 radical (unpaired) electrons. The summed E-state index contributed by atoms with van der Waals surface area (Å²) in [6.07, 6.45) is -5.19. The van der Waals surface area contributed by atoms with Crippen LogP contribution in [0.2, 0.25) is 10.0 Å². The lowest BCUT2D eigenvalue weighted by atomic mass is 10.0. The third kappa shape index (κ3) is 8.99. The second kappa shape index (κ2) is 17.0. The fourth-order valence-corrected chi connectivity index (χ4v) is 6.05. The number of nitrogens with zero attached hydrogens (tertiary/aromatic N) is 2. The van der Waals surface area contributed by atoms with Crippen LogP contribution in [0.25, 0.3) is 44.1 Å². The average molecular weight is 772 g/mol. The Morgan fingerprint density at radius 2 is 1.17 bits per heavy atom. The highest BCUT2D eigenvalue weighted by molar-refractivity contribution is 6.35. The zero-order chi connectivity index (χ0) is 36.8. The lowest BCUT2D eigenvalue weighted by Crippen LogP contribution is -2.11. The smallest absolute Gasteiger partial charge is 0.389 e. The van der Waals surface area contributed by atoms with Gasteiger partial charge in [-0.2, -0.15) is 23.4 Å². The van der Waals surface area contributed by atoms with E-state index in [9.17, 15) is 22.0 Å². The Hall–Kier alpha value is -5.37. The molecule has 0 spiro atoms. The Morgan fingerprint density at radius 1 is 0.698 bits per heavy atom. The molecule has 0 amide bonds. The molecule has 15 heteroatoms. The van der Waals surface area contributed by atoms with Gasteiger partial charge in [0.25, 0.3) is 0 Å². The van der Waals surface area contributed by atoms with Crippen LogP contribution < -0.4 is 15.4 Å². The van der Waals surface area contributed by atoms with Gasteiger partial charge in [0, 0.05) is 41.4 Å². The van der Waals surface area contributed by atoms with Crippen LogP contribution in [0.3, 0.4) is 0 Å². The predicted molar refractivity (Wildman–Crippen MR) is 201 cm³/mol. The lowest BCUT2D eigenvalue weighted by molar-refractivity contribution is -0.134. The molecule has 7 aromatic rings.